The molecule has 0 heterocycles. The molecule has 1 atom stereocenters. The molecule has 0 saturated carbocycles. The zero-order valence-electron chi connectivity index (χ0n) is 13.7. The molecule has 134 valence electrons. The van der Waals surface area contributed by atoms with Crippen LogP contribution in [0.4, 0.5) is 11.4 Å². The van der Waals surface area contributed by atoms with Crippen LogP contribution in [0.3, 0.4) is 0 Å². The number of anilines is 2. The van der Waals surface area contributed by atoms with E-state index in [1.807, 2.05) is 0 Å². The van der Waals surface area contributed by atoms with Crippen LogP contribution in [0.5, 0.6) is 0 Å². The second-order valence-corrected chi connectivity index (χ2v) is 5.45. The molecule has 0 aliphatic heterocycles. The summed E-state index contributed by atoms with van der Waals surface area (Å²) in [6.07, 6.45) is 3.02. The third-order valence-corrected chi connectivity index (χ3v) is 3.25. The fraction of sp³-hybridized carbons (Fsp3) is 0.235. The molecule has 8 heteroatoms. The molecule has 1 aromatic rings. The lowest BCUT2D eigenvalue weighted by Gasteiger charge is -2.14. The Morgan fingerprint density at radius 2 is 1.80 bits per heavy atom. The Morgan fingerprint density at radius 1 is 1.16 bits per heavy atom. The second kappa shape index (κ2) is 11.0. The molecule has 1 aromatic carbocycles. The second-order valence-electron chi connectivity index (χ2n) is 5.04. The maximum Gasteiger partial charge on any atom is 0.321 e. The Kier molecular flexibility index (Phi) is 8.91. The molecule has 0 aromatic heterocycles. The number of hydrogen-bond donors (Lipinski definition) is 5. The van der Waals surface area contributed by atoms with E-state index >= 15 is 0 Å². The number of carbonyl (C=O) groups excluding carboxylic acids is 1. The van der Waals surface area contributed by atoms with Crippen molar-refractivity contribution in [2.24, 2.45) is 0 Å². The Morgan fingerprint density at radius 3 is 2.40 bits per heavy atom. The molecule has 1 amide bonds. The molecule has 0 radical (unpaired) electrons. The van der Waals surface area contributed by atoms with Gasteiger partial charge in [0.15, 0.2) is 5.11 Å². The molecule has 1 rings (SSSR count). The zero-order valence-corrected chi connectivity index (χ0v) is 14.6. The van der Waals surface area contributed by atoms with E-state index in [1.54, 1.807) is 30.3 Å². The monoisotopic (exact) mass is 362 g/mol. The summed E-state index contributed by atoms with van der Waals surface area (Å²) in [5, 5.41) is 20.9. The van der Waals surface area contributed by atoms with E-state index in [2.05, 4.69) is 34.4 Å². The maximum atomic E-state index is 12.1. The third kappa shape index (κ3) is 8.09. The molecule has 0 bridgehead atoms. The van der Waals surface area contributed by atoms with Gasteiger partial charge in [-0.3, -0.25) is 9.59 Å². The lowest BCUT2D eigenvalue weighted by atomic mass is 10.2. The Bertz CT molecular complexity index is 649. The number of rotatable bonds is 10. The summed E-state index contributed by atoms with van der Waals surface area (Å²) in [5.41, 5.74) is 1.23. The van der Waals surface area contributed by atoms with Crippen molar-refractivity contribution in [2.75, 3.05) is 23.7 Å². The van der Waals surface area contributed by atoms with Crippen LogP contribution < -0.4 is 21.3 Å². The number of carbonyl (C=O) groups is 2. The molecule has 0 spiro atoms. The largest absolute Gasteiger partial charge is 0.480 e. The lowest BCUT2D eigenvalue weighted by molar-refractivity contribution is -0.140. The van der Waals surface area contributed by atoms with Crippen LogP contribution >= 0.6 is 12.2 Å². The number of thiocarbonyl (C=S) groups is 1. The van der Waals surface area contributed by atoms with E-state index in [1.165, 1.54) is 6.08 Å². The van der Waals surface area contributed by atoms with Gasteiger partial charge in [-0.05, 0) is 30.4 Å². The first-order chi connectivity index (χ1) is 12.0. The van der Waals surface area contributed by atoms with Gasteiger partial charge in [-0.25, -0.2) is 0 Å². The van der Waals surface area contributed by atoms with Crippen LogP contribution in [0, 0.1) is 0 Å². The minimum atomic E-state index is -1.09. The van der Waals surface area contributed by atoms with E-state index in [0.717, 1.165) is 0 Å². The predicted octanol–water partition coefficient (Wildman–Crippen LogP) is 1.72. The van der Waals surface area contributed by atoms with Crippen molar-refractivity contribution >= 4 is 40.6 Å². The minimum absolute atomic E-state index is 0.194. The Labute approximate surface area is 152 Å². The lowest BCUT2D eigenvalue weighted by Crippen LogP contribution is -2.39. The smallest absolute Gasteiger partial charge is 0.321 e. The fourth-order valence-corrected chi connectivity index (χ4v) is 2.09. The van der Waals surface area contributed by atoms with Gasteiger partial charge in [0.05, 0.1) is 6.42 Å². The van der Waals surface area contributed by atoms with E-state index in [9.17, 15) is 9.59 Å². The molecular weight excluding hydrogens is 340 g/mol. The van der Waals surface area contributed by atoms with Crippen molar-refractivity contribution in [3.8, 4) is 0 Å². The van der Waals surface area contributed by atoms with Crippen molar-refractivity contribution in [1.82, 2.24) is 10.6 Å². The minimum Gasteiger partial charge on any atom is -0.480 e. The average molecular weight is 362 g/mol. The summed E-state index contributed by atoms with van der Waals surface area (Å²) in [6, 6.07) is 5.97. The zero-order chi connectivity index (χ0) is 18.7. The highest BCUT2D eigenvalue weighted by Crippen LogP contribution is 2.15. The Balaban J connectivity index is 2.63. The van der Waals surface area contributed by atoms with Crippen LogP contribution in [0.1, 0.15) is 6.42 Å². The molecule has 0 aliphatic carbocycles. The van der Waals surface area contributed by atoms with Crippen LogP contribution in [-0.4, -0.2) is 41.2 Å². The number of aliphatic carboxylic acids is 1. The summed E-state index contributed by atoms with van der Waals surface area (Å²) in [4.78, 5) is 23.2. The van der Waals surface area contributed by atoms with Crippen LogP contribution in [0.25, 0.3) is 0 Å². The highest BCUT2D eigenvalue weighted by atomic mass is 32.1. The van der Waals surface area contributed by atoms with Gasteiger partial charge >= 0.3 is 5.97 Å². The topological polar surface area (TPSA) is 102 Å². The van der Waals surface area contributed by atoms with Crippen molar-refractivity contribution < 1.29 is 14.7 Å². The van der Waals surface area contributed by atoms with Gasteiger partial charge < -0.3 is 26.4 Å². The summed E-state index contributed by atoms with van der Waals surface area (Å²) in [5.74, 6) is -1.50. The molecular formula is C17H22N4O3S. The first-order valence-corrected chi connectivity index (χ1v) is 7.99. The van der Waals surface area contributed by atoms with Crippen molar-refractivity contribution in [1.29, 1.82) is 0 Å². The molecule has 5 N–H and O–H groups in total. The highest BCUT2D eigenvalue weighted by molar-refractivity contribution is 7.80. The van der Waals surface area contributed by atoms with E-state index in [-0.39, 0.29) is 6.42 Å². The first-order valence-electron chi connectivity index (χ1n) is 7.59. The number of carboxylic acid groups (broad SMARTS) is 1. The SMILES string of the molecule is C=CCNC(=S)Nc1cccc(NC(=O)CC(NCC=C)C(=O)O)c1. The van der Waals surface area contributed by atoms with Crippen molar-refractivity contribution in [3.63, 3.8) is 0 Å². The number of benzene rings is 1. The number of nitrogens with one attached hydrogen (secondary N) is 4. The van der Waals surface area contributed by atoms with Gasteiger partial charge in [-0.15, -0.1) is 13.2 Å². The average Bonchev–Trinajstić information content (AvgIpc) is 2.56. The standard InChI is InChI=1S/C17H22N4O3S/c1-3-8-18-14(16(23)24)11-15(22)20-12-6-5-7-13(10-12)21-17(25)19-9-4-2/h3-7,10,14,18H,1-2,8-9,11H2,(H,20,22)(H,23,24)(H2,19,21,25). The van der Waals surface area contributed by atoms with Gasteiger partial charge in [0.1, 0.15) is 6.04 Å². The normalized spacial score (nSPS) is 11.0. The van der Waals surface area contributed by atoms with E-state index in [4.69, 9.17) is 17.3 Å². The highest BCUT2D eigenvalue weighted by Gasteiger charge is 2.20. The summed E-state index contributed by atoms with van der Waals surface area (Å²) < 4.78 is 0. The van der Waals surface area contributed by atoms with Crippen molar-refractivity contribution in [2.45, 2.75) is 12.5 Å². The predicted molar refractivity (Wildman–Crippen MR) is 104 cm³/mol. The number of carboxylic acids is 1. The Hall–Kier alpha value is -2.71. The molecule has 25 heavy (non-hydrogen) atoms. The van der Waals surface area contributed by atoms with Crippen LogP contribution in [0.2, 0.25) is 0 Å². The van der Waals surface area contributed by atoms with Crippen LogP contribution in [-0.2, 0) is 9.59 Å². The summed E-state index contributed by atoms with van der Waals surface area (Å²) in [6.45, 7) is 7.94. The molecule has 1 unspecified atom stereocenters. The fourth-order valence-electron chi connectivity index (χ4n) is 1.88. The van der Waals surface area contributed by atoms with Gasteiger partial charge in [-0.2, -0.15) is 0 Å². The third-order valence-electron chi connectivity index (χ3n) is 3.01. The molecule has 0 aliphatic rings. The van der Waals surface area contributed by atoms with Gasteiger partial charge in [-0.1, -0.05) is 18.2 Å². The van der Waals surface area contributed by atoms with Gasteiger partial charge in [0.25, 0.3) is 0 Å². The summed E-state index contributed by atoms with van der Waals surface area (Å²) >= 11 is 5.12. The molecule has 0 saturated heterocycles. The first kappa shape index (κ1) is 20.3. The van der Waals surface area contributed by atoms with E-state index < -0.39 is 17.9 Å². The van der Waals surface area contributed by atoms with Crippen LogP contribution in [0.15, 0.2) is 49.6 Å². The van der Waals surface area contributed by atoms with Gasteiger partial charge in [0, 0.05) is 24.5 Å². The quantitative estimate of drug-likeness (QED) is 0.319. The summed E-state index contributed by atoms with van der Waals surface area (Å²) in [7, 11) is 0. The van der Waals surface area contributed by atoms with Crippen molar-refractivity contribution in [3.05, 3.63) is 49.6 Å². The molecule has 7 nitrogen and oxygen atoms in total. The number of hydrogen-bond acceptors (Lipinski definition) is 4. The van der Waals surface area contributed by atoms with E-state index in [0.29, 0.717) is 29.6 Å². The molecule has 0 fully saturated rings. The van der Waals surface area contributed by atoms with Gasteiger partial charge in [0.2, 0.25) is 5.91 Å². The maximum absolute atomic E-state index is 12.1. The number of amides is 1.